The molecule has 0 fully saturated rings. The maximum absolute atomic E-state index is 12.4. The van der Waals surface area contributed by atoms with Gasteiger partial charge in [0, 0.05) is 45.5 Å². The number of anilines is 2. The summed E-state index contributed by atoms with van der Waals surface area (Å²) in [5.74, 6) is 0.656. The van der Waals surface area contributed by atoms with E-state index in [9.17, 15) is 4.79 Å². The highest BCUT2D eigenvalue weighted by molar-refractivity contribution is 6.31. The molecule has 2 heterocycles. The third kappa shape index (κ3) is 4.15. The van der Waals surface area contributed by atoms with Gasteiger partial charge < -0.3 is 20.7 Å². The molecule has 0 aliphatic heterocycles. The van der Waals surface area contributed by atoms with Crippen molar-refractivity contribution in [2.24, 2.45) is 0 Å². The van der Waals surface area contributed by atoms with Gasteiger partial charge in [-0.2, -0.15) is 0 Å². The summed E-state index contributed by atoms with van der Waals surface area (Å²) in [6.07, 6.45) is 0. The highest BCUT2D eigenvalue weighted by atomic mass is 35.5. The highest BCUT2D eigenvalue weighted by Gasteiger charge is 2.13. The Hall–Kier alpha value is -2.57. The van der Waals surface area contributed by atoms with Crippen molar-refractivity contribution in [3.63, 3.8) is 0 Å². The van der Waals surface area contributed by atoms with E-state index in [-0.39, 0.29) is 18.2 Å². The molecule has 0 spiro atoms. The molecule has 4 N–H and O–H groups in total. The fourth-order valence-corrected chi connectivity index (χ4v) is 3.04. The number of rotatable bonds is 6. The molecule has 0 amide bonds. The molecular formula is C19H21ClN4O2. The van der Waals surface area contributed by atoms with Crippen LogP contribution >= 0.6 is 11.6 Å². The van der Waals surface area contributed by atoms with E-state index in [1.165, 1.54) is 0 Å². The molecule has 0 unspecified atom stereocenters. The minimum atomic E-state index is -0.248. The monoisotopic (exact) mass is 372 g/mol. The first-order chi connectivity index (χ1) is 12.5. The Bertz CT molecular complexity index is 987. The zero-order valence-electron chi connectivity index (χ0n) is 14.6. The number of H-pyrrole nitrogens is 1. The van der Waals surface area contributed by atoms with E-state index in [2.05, 4.69) is 20.6 Å². The number of nitrogens with one attached hydrogen (secondary N) is 3. The van der Waals surface area contributed by atoms with Crippen molar-refractivity contribution >= 4 is 34.0 Å². The van der Waals surface area contributed by atoms with Gasteiger partial charge in [0.1, 0.15) is 5.82 Å². The third-order valence-electron chi connectivity index (χ3n) is 4.06. The van der Waals surface area contributed by atoms with E-state index in [1.54, 1.807) is 12.1 Å². The molecule has 1 atom stereocenters. The second kappa shape index (κ2) is 7.76. The number of pyridine rings is 2. The molecule has 7 heteroatoms. The van der Waals surface area contributed by atoms with Crippen molar-refractivity contribution in [2.45, 2.75) is 19.9 Å². The number of nitrogens with zero attached hydrogens (tertiary/aromatic N) is 1. The molecular weight excluding hydrogens is 352 g/mol. The SMILES string of the molecule is Cc1cc(NCCO)cc(N[C@@H](C)c2cc3cc(Cl)ccc3[nH]c2=O)n1. The summed E-state index contributed by atoms with van der Waals surface area (Å²) in [6.45, 7) is 4.32. The fraction of sp³-hybridized carbons (Fsp3) is 0.263. The molecule has 0 saturated carbocycles. The Morgan fingerprint density at radius 1 is 1.27 bits per heavy atom. The van der Waals surface area contributed by atoms with Gasteiger partial charge in [-0.25, -0.2) is 4.98 Å². The molecule has 0 bridgehead atoms. The summed E-state index contributed by atoms with van der Waals surface area (Å²) < 4.78 is 0. The zero-order chi connectivity index (χ0) is 18.7. The van der Waals surface area contributed by atoms with Crippen molar-refractivity contribution in [1.29, 1.82) is 0 Å². The van der Waals surface area contributed by atoms with Crippen LogP contribution in [-0.2, 0) is 0 Å². The summed E-state index contributed by atoms with van der Waals surface area (Å²) in [5.41, 5.74) is 2.90. The Balaban J connectivity index is 1.89. The third-order valence-corrected chi connectivity index (χ3v) is 4.30. The Kier molecular flexibility index (Phi) is 5.44. The van der Waals surface area contributed by atoms with Crippen LogP contribution in [-0.4, -0.2) is 28.2 Å². The first kappa shape index (κ1) is 18.2. The number of aromatic amines is 1. The van der Waals surface area contributed by atoms with Crippen LogP contribution in [0.4, 0.5) is 11.5 Å². The molecule has 0 radical (unpaired) electrons. The van der Waals surface area contributed by atoms with E-state index in [1.807, 2.05) is 38.1 Å². The van der Waals surface area contributed by atoms with Gasteiger partial charge in [-0.1, -0.05) is 11.6 Å². The largest absolute Gasteiger partial charge is 0.395 e. The summed E-state index contributed by atoms with van der Waals surface area (Å²) >= 11 is 6.05. The average molecular weight is 373 g/mol. The van der Waals surface area contributed by atoms with Crippen LogP contribution in [0.1, 0.15) is 24.2 Å². The van der Waals surface area contributed by atoms with Crippen LogP contribution in [0.15, 0.2) is 41.2 Å². The van der Waals surface area contributed by atoms with Gasteiger partial charge in [0.15, 0.2) is 0 Å². The lowest BCUT2D eigenvalue weighted by atomic mass is 10.1. The van der Waals surface area contributed by atoms with E-state index in [0.29, 0.717) is 22.9 Å². The lowest BCUT2D eigenvalue weighted by molar-refractivity contribution is 0.311. The second-order valence-electron chi connectivity index (χ2n) is 6.18. The second-order valence-corrected chi connectivity index (χ2v) is 6.62. The number of fused-ring (bicyclic) bond motifs is 1. The van der Waals surface area contributed by atoms with Crippen LogP contribution in [0.5, 0.6) is 0 Å². The van der Waals surface area contributed by atoms with Gasteiger partial charge in [-0.15, -0.1) is 0 Å². The molecule has 0 saturated heterocycles. The van der Waals surface area contributed by atoms with E-state index in [4.69, 9.17) is 16.7 Å². The average Bonchev–Trinajstić information content (AvgIpc) is 2.59. The van der Waals surface area contributed by atoms with Gasteiger partial charge in [0.05, 0.1) is 12.6 Å². The fourth-order valence-electron chi connectivity index (χ4n) is 2.86. The molecule has 1 aromatic carbocycles. The van der Waals surface area contributed by atoms with Crippen LogP contribution in [0.3, 0.4) is 0 Å². The standard InChI is InChI=1S/C19H21ClN4O2/c1-11-7-15(21-5-6-25)10-18(22-11)23-12(2)16-9-13-8-14(20)3-4-17(13)24-19(16)26/h3-4,7-10,12,25H,5-6H2,1-2H3,(H,24,26)(H2,21,22,23)/t12-/m0/s1. The predicted molar refractivity (Wildman–Crippen MR) is 106 cm³/mol. The first-order valence-electron chi connectivity index (χ1n) is 8.38. The number of halogens is 1. The van der Waals surface area contributed by atoms with E-state index in [0.717, 1.165) is 22.3 Å². The van der Waals surface area contributed by atoms with Gasteiger partial charge >= 0.3 is 0 Å². The van der Waals surface area contributed by atoms with E-state index < -0.39 is 0 Å². The number of benzene rings is 1. The van der Waals surface area contributed by atoms with Crippen LogP contribution in [0, 0.1) is 6.92 Å². The van der Waals surface area contributed by atoms with Gasteiger partial charge in [-0.05, 0) is 44.2 Å². The predicted octanol–water partition coefficient (Wildman–Crippen LogP) is 3.46. The maximum atomic E-state index is 12.4. The van der Waals surface area contributed by atoms with Crippen molar-refractivity contribution in [3.05, 3.63) is 63.0 Å². The van der Waals surface area contributed by atoms with Gasteiger partial charge in [-0.3, -0.25) is 4.79 Å². The van der Waals surface area contributed by atoms with Crippen molar-refractivity contribution in [3.8, 4) is 0 Å². The number of aliphatic hydroxyl groups is 1. The normalized spacial score (nSPS) is 12.2. The van der Waals surface area contributed by atoms with Crippen LogP contribution < -0.4 is 16.2 Å². The topological polar surface area (TPSA) is 90.0 Å². The van der Waals surface area contributed by atoms with Gasteiger partial charge in [0.2, 0.25) is 0 Å². The number of aliphatic hydroxyl groups excluding tert-OH is 1. The van der Waals surface area contributed by atoms with Crippen LogP contribution in [0.2, 0.25) is 5.02 Å². The Morgan fingerprint density at radius 3 is 2.85 bits per heavy atom. The molecule has 3 rings (SSSR count). The smallest absolute Gasteiger partial charge is 0.253 e. The minimum Gasteiger partial charge on any atom is -0.395 e. The molecule has 0 aliphatic carbocycles. The maximum Gasteiger partial charge on any atom is 0.253 e. The lowest BCUT2D eigenvalue weighted by Crippen LogP contribution is -2.20. The molecule has 0 aliphatic rings. The summed E-state index contributed by atoms with van der Waals surface area (Å²) in [5, 5.41) is 16.8. The zero-order valence-corrected chi connectivity index (χ0v) is 15.4. The molecule has 6 nitrogen and oxygen atoms in total. The summed E-state index contributed by atoms with van der Waals surface area (Å²) in [7, 11) is 0. The number of hydrogen-bond acceptors (Lipinski definition) is 5. The first-order valence-corrected chi connectivity index (χ1v) is 8.76. The quantitative estimate of drug-likeness (QED) is 0.532. The highest BCUT2D eigenvalue weighted by Crippen LogP contribution is 2.23. The lowest BCUT2D eigenvalue weighted by Gasteiger charge is -2.16. The Morgan fingerprint density at radius 2 is 2.08 bits per heavy atom. The summed E-state index contributed by atoms with van der Waals surface area (Å²) in [4.78, 5) is 19.8. The minimum absolute atomic E-state index is 0.0512. The number of aryl methyl sites for hydroxylation is 1. The van der Waals surface area contributed by atoms with Gasteiger partial charge in [0.25, 0.3) is 5.56 Å². The number of aromatic nitrogens is 2. The van der Waals surface area contributed by atoms with Crippen molar-refractivity contribution in [1.82, 2.24) is 9.97 Å². The molecule has 3 aromatic rings. The van der Waals surface area contributed by atoms with Crippen LogP contribution in [0.25, 0.3) is 10.9 Å². The Labute approximate surface area is 156 Å². The summed E-state index contributed by atoms with van der Waals surface area (Å²) in [6, 6.07) is 10.7. The molecule has 26 heavy (non-hydrogen) atoms. The molecule has 136 valence electrons. The van der Waals surface area contributed by atoms with Crippen molar-refractivity contribution in [2.75, 3.05) is 23.8 Å². The van der Waals surface area contributed by atoms with Crippen molar-refractivity contribution < 1.29 is 5.11 Å². The number of hydrogen-bond donors (Lipinski definition) is 4. The van der Waals surface area contributed by atoms with E-state index >= 15 is 0 Å². The molecule has 2 aromatic heterocycles.